The molecular weight excluding hydrogens is 342 g/mol. The van der Waals surface area contributed by atoms with Crippen LogP contribution in [0, 0.1) is 6.92 Å². The molecule has 0 saturated carbocycles. The predicted molar refractivity (Wildman–Crippen MR) is 104 cm³/mol. The first-order valence-corrected chi connectivity index (χ1v) is 9.20. The molecule has 7 nitrogen and oxygen atoms in total. The van der Waals surface area contributed by atoms with Crippen molar-refractivity contribution < 1.29 is 4.79 Å². The number of hydrogen-bond acceptors (Lipinski definition) is 5. The summed E-state index contributed by atoms with van der Waals surface area (Å²) in [4.78, 5) is 32.3. The smallest absolute Gasteiger partial charge is 0.254 e. The van der Waals surface area contributed by atoms with Crippen LogP contribution in [0.1, 0.15) is 34.2 Å². The Balaban J connectivity index is 1.37. The Bertz CT molecular complexity index is 1050. The molecule has 0 bridgehead atoms. The Morgan fingerprint density at radius 3 is 2.85 bits per heavy atom. The van der Waals surface area contributed by atoms with E-state index in [1.807, 2.05) is 36.6 Å². The average Bonchev–Trinajstić information content (AvgIpc) is 3.01. The number of aryl methyl sites for hydroxylation is 2. The summed E-state index contributed by atoms with van der Waals surface area (Å²) in [5.41, 5.74) is 5.08. The molecule has 0 radical (unpaired) electrons. The number of carbonyl (C=O) groups is 1. The van der Waals surface area contributed by atoms with Crippen LogP contribution in [0.4, 0.5) is 5.69 Å². The van der Waals surface area contributed by atoms with Gasteiger partial charge in [0, 0.05) is 37.6 Å². The SMILES string of the molecule is CCc1cn2cc(CN3CC(Nc4ccc(C=O)nc4C)C3)cc2[nH]c1=O. The molecule has 0 amide bonds. The summed E-state index contributed by atoms with van der Waals surface area (Å²) in [6.07, 6.45) is 5.48. The van der Waals surface area contributed by atoms with Crippen LogP contribution in [0.25, 0.3) is 5.65 Å². The molecule has 3 aromatic heterocycles. The second-order valence-electron chi connectivity index (χ2n) is 7.13. The van der Waals surface area contributed by atoms with Crippen LogP contribution < -0.4 is 10.9 Å². The van der Waals surface area contributed by atoms with Gasteiger partial charge in [-0.25, -0.2) is 4.98 Å². The molecular formula is C20H23N5O2. The summed E-state index contributed by atoms with van der Waals surface area (Å²) in [5.74, 6) is 0. The zero-order valence-corrected chi connectivity index (χ0v) is 15.5. The first-order chi connectivity index (χ1) is 13.1. The van der Waals surface area contributed by atoms with Gasteiger partial charge in [-0.05, 0) is 37.1 Å². The van der Waals surface area contributed by atoms with Gasteiger partial charge in [-0.3, -0.25) is 14.5 Å². The van der Waals surface area contributed by atoms with Crippen molar-refractivity contribution in [3.8, 4) is 0 Å². The van der Waals surface area contributed by atoms with E-state index in [0.29, 0.717) is 11.7 Å². The van der Waals surface area contributed by atoms with Gasteiger partial charge in [-0.15, -0.1) is 0 Å². The monoisotopic (exact) mass is 365 g/mol. The summed E-state index contributed by atoms with van der Waals surface area (Å²) >= 11 is 0. The fourth-order valence-electron chi connectivity index (χ4n) is 3.57. The van der Waals surface area contributed by atoms with Gasteiger partial charge < -0.3 is 14.7 Å². The molecule has 0 aliphatic carbocycles. The van der Waals surface area contributed by atoms with Crippen molar-refractivity contribution in [2.24, 2.45) is 0 Å². The highest BCUT2D eigenvalue weighted by Crippen LogP contribution is 2.20. The molecule has 4 rings (SSSR count). The van der Waals surface area contributed by atoms with E-state index in [1.165, 1.54) is 5.56 Å². The van der Waals surface area contributed by atoms with Crippen molar-refractivity contribution in [3.05, 3.63) is 63.5 Å². The number of hydrogen-bond donors (Lipinski definition) is 2. The van der Waals surface area contributed by atoms with Gasteiger partial charge in [0.05, 0.1) is 17.4 Å². The average molecular weight is 365 g/mol. The van der Waals surface area contributed by atoms with Crippen LogP contribution in [0.15, 0.2) is 35.4 Å². The molecule has 0 unspecified atom stereocenters. The topological polar surface area (TPSA) is 82.5 Å². The van der Waals surface area contributed by atoms with Crippen LogP contribution in [-0.2, 0) is 13.0 Å². The van der Waals surface area contributed by atoms with E-state index in [9.17, 15) is 9.59 Å². The largest absolute Gasteiger partial charge is 0.378 e. The molecule has 0 atom stereocenters. The van der Waals surface area contributed by atoms with E-state index in [0.717, 1.165) is 54.9 Å². The molecule has 1 saturated heterocycles. The van der Waals surface area contributed by atoms with Crippen molar-refractivity contribution in [2.75, 3.05) is 18.4 Å². The minimum atomic E-state index is -0.00700. The highest BCUT2D eigenvalue weighted by atomic mass is 16.1. The van der Waals surface area contributed by atoms with Crippen molar-refractivity contribution in [3.63, 3.8) is 0 Å². The zero-order chi connectivity index (χ0) is 19.0. The maximum absolute atomic E-state index is 11.9. The van der Waals surface area contributed by atoms with Gasteiger partial charge in [0.25, 0.3) is 5.56 Å². The quantitative estimate of drug-likeness (QED) is 0.653. The fraction of sp³-hybridized carbons (Fsp3) is 0.350. The number of aldehydes is 1. The predicted octanol–water partition coefficient (Wildman–Crippen LogP) is 2.00. The maximum atomic E-state index is 11.9. The standard InChI is InChI=1S/C20H23N5O2/c1-3-15-9-25-8-14(6-19(25)23-20(15)27)7-24-10-17(11-24)22-18-5-4-16(12-26)21-13(18)2/h4-6,8-9,12,17,22H,3,7,10-11H2,1-2H3,(H,23,27). The van der Waals surface area contributed by atoms with Crippen LogP contribution >= 0.6 is 0 Å². The van der Waals surface area contributed by atoms with Gasteiger partial charge in [0.15, 0.2) is 6.29 Å². The van der Waals surface area contributed by atoms with Crippen molar-refractivity contribution in [1.29, 1.82) is 0 Å². The van der Waals surface area contributed by atoms with Gasteiger partial charge in [0.2, 0.25) is 0 Å². The Labute approximate surface area is 157 Å². The number of nitrogens with zero attached hydrogens (tertiary/aromatic N) is 3. The first kappa shape index (κ1) is 17.5. The number of likely N-dealkylation sites (tertiary alicyclic amines) is 1. The number of rotatable bonds is 6. The number of nitrogens with one attached hydrogen (secondary N) is 2. The number of fused-ring (bicyclic) bond motifs is 1. The number of aromatic nitrogens is 3. The van der Waals surface area contributed by atoms with Crippen LogP contribution in [-0.4, -0.2) is 44.7 Å². The number of H-pyrrole nitrogens is 1. The van der Waals surface area contributed by atoms with Gasteiger partial charge in [0.1, 0.15) is 11.3 Å². The molecule has 2 N–H and O–H groups in total. The Morgan fingerprint density at radius 2 is 2.15 bits per heavy atom. The lowest BCUT2D eigenvalue weighted by Crippen LogP contribution is -2.54. The summed E-state index contributed by atoms with van der Waals surface area (Å²) in [6, 6.07) is 6.05. The second-order valence-corrected chi connectivity index (χ2v) is 7.13. The number of anilines is 1. The van der Waals surface area contributed by atoms with Gasteiger partial charge in [-0.2, -0.15) is 0 Å². The molecule has 0 spiro atoms. The Morgan fingerprint density at radius 1 is 1.33 bits per heavy atom. The molecule has 27 heavy (non-hydrogen) atoms. The molecule has 4 heterocycles. The number of carbonyl (C=O) groups excluding carboxylic acids is 1. The zero-order valence-electron chi connectivity index (χ0n) is 15.5. The van der Waals surface area contributed by atoms with E-state index in [1.54, 1.807) is 6.07 Å². The molecule has 3 aromatic rings. The molecule has 1 fully saturated rings. The Kier molecular flexibility index (Phi) is 4.53. The minimum Gasteiger partial charge on any atom is -0.378 e. The Hall–Kier alpha value is -2.93. The maximum Gasteiger partial charge on any atom is 0.254 e. The fourth-order valence-corrected chi connectivity index (χ4v) is 3.57. The van der Waals surface area contributed by atoms with E-state index >= 15 is 0 Å². The summed E-state index contributed by atoms with van der Waals surface area (Å²) in [7, 11) is 0. The highest BCUT2D eigenvalue weighted by molar-refractivity contribution is 5.73. The number of aromatic amines is 1. The van der Waals surface area contributed by atoms with Crippen LogP contribution in [0.2, 0.25) is 0 Å². The third-order valence-electron chi connectivity index (χ3n) is 5.07. The van der Waals surface area contributed by atoms with Crippen molar-refractivity contribution in [1.82, 2.24) is 19.3 Å². The van der Waals surface area contributed by atoms with E-state index in [2.05, 4.69) is 26.4 Å². The summed E-state index contributed by atoms with van der Waals surface area (Å²) in [5, 5.41) is 3.49. The number of pyridine rings is 1. The van der Waals surface area contributed by atoms with Crippen LogP contribution in [0.3, 0.4) is 0 Å². The minimum absolute atomic E-state index is 0.00700. The second kappa shape index (κ2) is 7.00. The highest BCUT2D eigenvalue weighted by Gasteiger charge is 2.27. The summed E-state index contributed by atoms with van der Waals surface area (Å²) < 4.78 is 1.99. The van der Waals surface area contributed by atoms with Crippen molar-refractivity contribution in [2.45, 2.75) is 32.9 Å². The lowest BCUT2D eigenvalue weighted by molar-refractivity contribution is 0.111. The van der Waals surface area contributed by atoms with Gasteiger partial charge >= 0.3 is 0 Å². The van der Waals surface area contributed by atoms with Gasteiger partial charge in [-0.1, -0.05) is 6.92 Å². The molecule has 1 aliphatic heterocycles. The lowest BCUT2D eigenvalue weighted by atomic mass is 10.1. The third-order valence-corrected chi connectivity index (χ3v) is 5.07. The molecule has 7 heteroatoms. The third kappa shape index (κ3) is 3.50. The lowest BCUT2D eigenvalue weighted by Gasteiger charge is -2.40. The molecule has 0 aromatic carbocycles. The van der Waals surface area contributed by atoms with E-state index < -0.39 is 0 Å². The van der Waals surface area contributed by atoms with Crippen molar-refractivity contribution >= 4 is 17.6 Å². The van der Waals surface area contributed by atoms with E-state index in [-0.39, 0.29) is 5.56 Å². The molecule has 140 valence electrons. The first-order valence-electron chi connectivity index (χ1n) is 9.20. The summed E-state index contributed by atoms with van der Waals surface area (Å²) in [6.45, 7) is 6.63. The normalized spacial score (nSPS) is 15.0. The molecule has 1 aliphatic rings. The van der Waals surface area contributed by atoms with E-state index in [4.69, 9.17) is 0 Å². The van der Waals surface area contributed by atoms with Crippen LogP contribution in [0.5, 0.6) is 0 Å².